The molecule has 9 nitrogen and oxygen atoms in total. The molecule has 10 heteroatoms. The Morgan fingerprint density at radius 1 is 1.21 bits per heavy atom. The Hall–Kier alpha value is -2.82. The standard InChI is InChI=1S/C23H29N5O4S/c29-22(18-6-10-33(31,32)15-18)27-8-4-16(5-9-27)21-2-1-20(12-25-21)26-23(30)28-13-17-3-7-24-11-19(17)14-28/h1-4,7,11-12,18,21,25,31-32H,5-6,8-10,13-15H2,(H,26,30). The minimum absolute atomic E-state index is 0.0275. The molecule has 0 aromatic carbocycles. The Labute approximate surface area is 194 Å². The lowest BCUT2D eigenvalue weighted by molar-refractivity contribution is -0.134. The van der Waals surface area contributed by atoms with E-state index in [9.17, 15) is 18.7 Å². The van der Waals surface area contributed by atoms with Crippen LogP contribution in [0.2, 0.25) is 0 Å². The van der Waals surface area contributed by atoms with Crippen molar-refractivity contribution in [3.8, 4) is 0 Å². The first-order chi connectivity index (χ1) is 15.9. The van der Waals surface area contributed by atoms with E-state index in [1.54, 1.807) is 11.1 Å². The van der Waals surface area contributed by atoms with E-state index in [2.05, 4.69) is 21.7 Å². The van der Waals surface area contributed by atoms with Gasteiger partial charge in [-0.2, -0.15) is 10.6 Å². The molecule has 33 heavy (non-hydrogen) atoms. The average Bonchev–Trinajstić information content (AvgIpc) is 3.42. The van der Waals surface area contributed by atoms with Gasteiger partial charge in [0.1, 0.15) is 0 Å². The summed E-state index contributed by atoms with van der Waals surface area (Å²) >= 11 is 0. The van der Waals surface area contributed by atoms with Gasteiger partial charge >= 0.3 is 6.03 Å². The highest BCUT2D eigenvalue weighted by molar-refractivity contribution is 8.24. The molecule has 1 fully saturated rings. The van der Waals surface area contributed by atoms with Crippen molar-refractivity contribution in [1.29, 1.82) is 0 Å². The highest BCUT2D eigenvalue weighted by Crippen LogP contribution is 2.48. The topological polar surface area (TPSA) is 118 Å². The molecule has 4 N–H and O–H groups in total. The molecular weight excluding hydrogens is 442 g/mol. The van der Waals surface area contributed by atoms with Crippen molar-refractivity contribution < 1.29 is 18.7 Å². The fourth-order valence-corrected chi connectivity index (χ4v) is 6.58. The Kier molecular flexibility index (Phi) is 5.90. The van der Waals surface area contributed by atoms with E-state index in [1.807, 2.05) is 35.5 Å². The lowest BCUT2D eigenvalue weighted by Gasteiger charge is -2.32. The molecule has 0 bridgehead atoms. The molecule has 0 aliphatic carbocycles. The van der Waals surface area contributed by atoms with Gasteiger partial charge in [0.2, 0.25) is 5.91 Å². The smallest absolute Gasteiger partial charge is 0.322 e. The third-order valence-electron chi connectivity index (χ3n) is 6.72. The zero-order chi connectivity index (χ0) is 23.0. The van der Waals surface area contributed by atoms with Gasteiger partial charge in [-0.25, -0.2) is 4.79 Å². The molecule has 1 saturated heterocycles. The second-order valence-corrected chi connectivity index (χ2v) is 11.4. The molecule has 176 valence electrons. The first-order valence-electron chi connectivity index (χ1n) is 11.2. The summed E-state index contributed by atoms with van der Waals surface area (Å²) in [6.45, 7) is 2.31. The minimum Gasteiger partial charge on any atom is -0.379 e. The normalized spacial score (nSPS) is 26.7. The van der Waals surface area contributed by atoms with Crippen molar-refractivity contribution in [3.05, 3.63) is 65.3 Å². The van der Waals surface area contributed by atoms with Crippen molar-refractivity contribution >= 4 is 22.5 Å². The number of nitrogens with one attached hydrogen (secondary N) is 2. The van der Waals surface area contributed by atoms with Crippen LogP contribution in [0.5, 0.6) is 0 Å². The number of urea groups is 1. The van der Waals surface area contributed by atoms with Crippen LogP contribution in [0, 0.1) is 5.92 Å². The van der Waals surface area contributed by atoms with Gasteiger partial charge in [-0.15, -0.1) is 0 Å². The summed E-state index contributed by atoms with van der Waals surface area (Å²) in [5.74, 6) is 0.291. The number of rotatable bonds is 3. The van der Waals surface area contributed by atoms with Crippen molar-refractivity contribution in [2.75, 3.05) is 24.6 Å². The zero-order valence-corrected chi connectivity index (χ0v) is 19.1. The van der Waals surface area contributed by atoms with Gasteiger partial charge in [0.05, 0.1) is 17.7 Å². The van der Waals surface area contributed by atoms with Gasteiger partial charge in [-0.05, 0) is 41.7 Å². The van der Waals surface area contributed by atoms with Crippen molar-refractivity contribution in [2.24, 2.45) is 5.92 Å². The molecule has 1 aromatic rings. The number of pyridine rings is 1. The molecule has 0 spiro atoms. The molecule has 2 unspecified atom stereocenters. The van der Waals surface area contributed by atoms with E-state index in [4.69, 9.17) is 0 Å². The summed E-state index contributed by atoms with van der Waals surface area (Å²) < 4.78 is 19.6. The van der Waals surface area contributed by atoms with Crippen LogP contribution in [0.15, 0.2) is 54.2 Å². The second-order valence-electron chi connectivity index (χ2n) is 9.01. The summed E-state index contributed by atoms with van der Waals surface area (Å²) in [7, 11) is -2.56. The summed E-state index contributed by atoms with van der Waals surface area (Å²) in [6.07, 6.45) is 12.7. The zero-order valence-electron chi connectivity index (χ0n) is 18.3. The van der Waals surface area contributed by atoms with E-state index in [-0.39, 0.29) is 29.7 Å². The summed E-state index contributed by atoms with van der Waals surface area (Å²) in [4.78, 5) is 33.0. The summed E-state index contributed by atoms with van der Waals surface area (Å²) in [5, 5.41) is 6.28. The predicted molar refractivity (Wildman–Crippen MR) is 126 cm³/mol. The number of carbonyl (C=O) groups excluding carboxylic acids is 2. The number of fused-ring (bicyclic) bond motifs is 1. The molecule has 4 aliphatic rings. The molecular formula is C23H29N5O4S. The highest BCUT2D eigenvalue weighted by atomic mass is 32.3. The molecule has 5 heterocycles. The number of amides is 3. The molecule has 2 atom stereocenters. The first-order valence-corrected chi connectivity index (χ1v) is 13.1. The molecule has 5 rings (SSSR count). The maximum atomic E-state index is 12.7. The van der Waals surface area contributed by atoms with Gasteiger partial charge in [-0.1, -0.05) is 12.2 Å². The Bertz CT molecular complexity index is 1030. The summed E-state index contributed by atoms with van der Waals surface area (Å²) in [5.41, 5.74) is 4.12. The van der Waals surface area contributed by atoms with Crippen molar-refractivity contribution in [1.82, 2.24) is 25.4 Å². The van der Waals surface area contributed by atoms with Crippen molar-refractivity contribution in [3.63, 3.8) is 0 Å². The van der Waals surface area contributed by atoms with Gasteiger partial charge in [0, 0.05) is 56.3 Å². The fourth-order valence-electron chi connectivity index (χ4n) is 4.80. The van der Waals surface area contributed by atoms with Crippen molar-refractivity contribution in [2.45, 2.75) is 32.0 Å². The van der Waals surface area contributed by atoms with Gasteiger partial charge in [0.25, 0.3) is 0 Å². The predicted octanol–water partition coefficient (Wildman–Crippen LogP) is 2.41. The van der Waals surface area contributed by atoms with Crippen LogP contribution in [-0.4, -0.2) is 66.5 Å². The average molecular weight is 472 g/mol. The SMILES string of the molecule is O=C(NC1=CNC(C2=CCN(C(=O)C3CCS(O)(O)C3)CC2)C=C1)N1Cc2ccncc2C1. The monoisotopic (exact) mass is 471 g/mol. The highest BCUT2D eigenvalue weighted by Gasteiger charge is 2.36. The van der Waals surface area contributed by atoms with Crippen LogP contribution in [0.25, 0.3) is 0 Å². The quantitative estimate of drug-likeness (QED) is 0.503. The number of hydrogen-bond donors (Lipinski definition) is 4. The summed E-state index contributed by atoms with van der Waals surface area (Å²) in [6, 6.07) is 1.84. The maximum Gasteiger partial charge on any atom is 0.322 e. The lowest BCUT2D eigenvalue weighted by atomic mass is 9.97. The number of dihydropyridines is 1. The van der Waals surface area contributed by atoms with Crippen LogP contribution >= 0.6 is 10.6 Å². The van der Waals surface area contributed by atoms with E-state index in [0.717, 1.165) is 17.5 Å². The van der Waals surface area contributed by atoms with Crippen LogP contribution in [-0.2, 0) is 17.9 Å². The van der Waals surface area contributed by atoms with Crippen LogP contribution in [0.4, 0.5) is 4.79 Å². The molecule has 0 radical (unpaired) electrons. The fraction of sp³-hybridized carbons (Fsp3) is 0.435. The third kappa shape index (κ3) is 4.78. The Morgan fingerprint density at radius 3 is 2.73 bits per heavy atom. The van der Waals surface area contributed by atoms with E-state index < -0.39 is 10.6 Å². The lowest BCUT2D eigenvalue weighted by Crippen LogP contribution is -2.42. The third-order valence-corrected chi connectivity index (χ3v) is 8.54. The largest absolute Gasteiger partial charge is 0.379 e. The van der Waals surface area contributed by atoms with Gasteiger partial charge in [0.15, 0.2) is 0 Å². The van der Waals surface area contributed by atoms with Crippen LogP contribution in [0.1, 0.15) is 24.0 Å². The molecule has 3 amide bonds. The van der Waals surface area contributed by atoms with Crippen LogP contribution in [0.3, 0.4) is 0 Å². The number of carbonyl (C=O) groups is 2. The Morgan fingerprint density at radius 2 is 2.06 bits per heavy atom. The number of aromatic nitrogens is 1. The second kappa shape index (κ2) is 8.85. The van der Waals surface area contributed by atoms with E-state index >= 15 is 0 Å². The van der Waals surface area contributed by atoms with Crippen LogP contribution < -0.4 is 10.6 Å². The van der Waals surface area contributed by atoms with E-state index in [1.165, 1.54) is 5.57 Å². The minimum atomic E-state index is -2.56. The molecule has 1 aromatic heterocycles. The number of allylic oxidation sites excluding steroid dienone is 1. The maximum absolute atomic E-state index is 12.7. The van der Waals surface area contributed by atoms with E-state index in [0.29, 0.717) is 44.0 Å². The Balaban J connectivity index is 1.11. The van der Waals surface area contributed by atoms with Gasteiger partial charge in [-0.3, -0.25) is 18.9 Å². The number of nitrogens with zero attached hydrogens (tertiary/aromatic N) is 3. The molecule has 0 saturated carbocycles. The first kappa shape index (κ1) is 22.0. The van der Waals surface area contributed by atoms with Gasteiger partial charge < -0.3 is 20.4 Å². The number of hydrogen-bond acceptors (Lipinski definition) is 6. The molecule has 4 aliphatic heterocycles.